The van der Waals surface area contributed by atoms with E-state index in [4.69, 9.17) is 16.9 Å². The van der Waals surface area contributed by atoms with Gasteiger partial charge in [0.2, 0.25) is 0 Å². The SMILES string of the molecule is N#CCc1cc(Cl)nc(-c2cccc(F)c2F)c1. The third-order valence-corrected chi connectivity index (χ3v) is 2.56. The summed E-state index contributed by atoms with van der Waals surface area (Å²) in [4.78, 5) is 3.94. The molecule has 0 saturated heterocycles. The Morgan fingerprint density at radius 1 is 1.28 bits per heavy atom. The first-order valence-corrected chi connectivity index (χ1v) is 5.47. The summed E-state index contributed by atoms with van der Waals surface area (Å²) in [5.41, 5.74) is 0.845. The second-order valence-electron chi connectivity index (χ2n) is 3.62. The van der Waals surface area contributed by atoms with Crippen LogP contribution >= 0.6 is 11.6 Å². The van der Waals surface area contributed by atoms with Crippen LogP contribution in [0.4, 0.5) is 8.78 Å². The standard InChI is InChI=1S/C13H7ClF2N2/c14-12-7-8(4-5-17)6-11(18-12)9-2-1-3-10(15)13(9)16/h1-3,6-7H,4H2. The predicted molar refractivity (Wildman–Crippen MR) is 63.9 cm³/mol. The minimum Gasteiger partial charge on any atom is -0.236 e. The number of nitrogens with zero attached hydrogens (tertiary/aromatic N) is 2. The molecule has 2 aromatic rings. The van der Waals surface area contributed by atoms with Gasteiger partial charge in [0.25, 0.3) is 0 Å². The van der Waals surface area contributed by atoms with Gasteiger partial charge in [-0.05, 0) is 29.8 Å². The van der Waals surface area contributed by atoms with Crippen molar-refractivity contribution in [2.75, 3.05) is 0 Å². The van der Waals surface area contributed by atoms with E-state index in [1.54, 1.807) is 0 Å². The van der Waals surface area contributed by atoms with Crippen molar-refractivity contribution in [1.29, 1.82) is 5.26 Å². The highest BCUT2D eigenvalue weighted by atomic mass is 35.5. The van der Waals surface area contributed by atoms with Crippen LogP contribution in [-0.2, 0) is 6.42 Å². The molecule has 0 amide bonds. The van der Waals surface area contributed by atoms with Gasteiger partial charge in [-0.2, -0.15) is 5.26 Å². The minimum absolute atomic E-state index is 0.0247. The van der Waals surface area contributed by atoms with E-state index in [1.165, 1.54) is 24.3 Å². The maximum atomic E-state index is 13.6. The van der Waals surface area contributed by atoms with Gasteiger partial charge in [-0.25, -0.2) is 13.8 Å². The molecule has 0 bridgehead atoms. The summed E-state index contributed by atoms with van der Waals surface area (Å²) < 4.78 is 26.7. The van der Waals surface area contributed by atoms with E-state index in [2.05, 4.69) is 4.98 Å². The van der Waals surface area contributed by atoms with E-state index in [1.807, 2.05) is 6.07 Å². The number of halogens is 3. The van der Waals surface area contributed by atoms with Crippen LogP contribution < -0.4 is 0 Å². The normalized spacial score (nSPS) is 10.1. The maximum Gasteiger partial charge on any atom is 0.168 e. The highest BCUT2D eigenvalue weighted by Gasteiger charge is 2.12. The third kappa shape index (κ3) is 2.47. The minimum atomic E-state index is -0.977. The maximum absolute atomic E-state index is 13.6. The van der Waals surface area contributed by atoms with Crippen LogP contribution in [-0.4, -0.2) is 4.98 Å². The molecule has 1 aromatic carbocycles. The van der Waals surface area contributed by atoms with Gasteiger partial charge < -0.3 is 0 Å². The van der Waals surface area contributed by atoms with Crippen LogP contribution in [0.2, 0.25) is 5.15 Å². The Kier molecular flexibility index (Phi) is 3.54. The molecule has 2 rings (SSSR count). The van der Waals surface area contributed by atoms with E-state index >= 15 is 0 Å². The number of pyridine rings is 1. The zero-order valence-corrected chi connectivity index (χ0v) is 9.88. The number of rotatable bonds is 2. The zero-order valence-electron chi connectivity index (χ0n) is 9.12. The molecule has 1 aromatic heterocycles. The first kappa shape index (κ1) is 12.5. The lowest BCUT2D eigenvalue weighted by Gasteiger charge is -2.05. The van der Waals surface area contributed by atoms with E-state index in [9.17, 15) is 8.78 Å². The van der Waals surface area contributed by atoms with E-state index in [-0.39, 0.29) is 22.8 Å². The number of aromatic nitrogens is 1. The second-order valence-corrected chi connectivity index (χ2v) is 4.01. The predicted octanol–water partition coefficient (Wildman–Crippen LogP) is 3.75. The van der Waals surface area contributed by atoms with Crippen molar-refractivity contribution in [3.63, 3.8) is 0 Å². The van der Waals surface area contributed by atoms with Gasteiger partial charge in [0, 0.05) is 5.56 Å². The Morgan fingerprint density at radius 3 is 2.78 bits per heavy atom. The molecule has 5 heteroatoms. The van der Waals surface area contributed by atoms with Gasteiger partial charge in [-0.3, -0.25) is 0 Å². The van der Waals surface area contributed by atoms with Crippen molar-refractivity contribution >= 4 is 11.6 Å². The van der Waals surface area contributed by atoms with Crippen molar-refractivity contribution in [2.24, 2.45) is 0 Å². The lowest BCUT2D eigenvalue weighted by atomic mass is 10.1. The van der Waals surface area contributed by atoms with Gasteiger partial charge in [0.1, 0.15) is 5.15 Å². The molecule has 0 aliphatic carbocycles. The summed E-state index contributed by atoms with van der Waals surface area (Å²) in [6.45, 7) is 0. The Labute approximate surface area is 107 Å². The molecule has 0 saturated carbocycles. The lowest BCUT2D eigenvalue weighted by molar-refractivity contribution is 0.511. The Hall–Kier alpha value is -1.99. The number of nitriles is 1. The van der Waals surface area contributed by atoms with Crippen LogP contribution in [0.3, 0.4) is 0 Å². The van der Waals surface area contributed by atoms with Crippen LogP contribution in [0.15, 0.2) is 30.3 Å². The first-order valence-electron chi connectivity index (χ1n) is 5.09. The molecule has 0 radical (unpaired) electrons. The fourth-order valence-corrected chi connectivity index (χ4v) is 1.81. The van der Waals surface area contributed by atoms with Crippen LogP contribution in [0.25, 0.3) is 11.3 Å². The summed E-state index contributed by atoms with van der Waals surface area (Å²) >= 11 is 5.79. The smallest absolute Gasteiger partial charge is 0.168 e. The molecular weight excluding hydrogens is 258 g/mol. The van der Waals surface area contributed by atoms with Crippen LogP contribution in [0.1, 0.15) is 5.56 Å². The molecule has 90 valence electrons. The van der Waals surface area contributed by atoms with Crippen LogP contribution in [0, 0.1) is 23.0 Å². The van der Waals surface area contributed by atoms with Crippen molar-refractivity contribution in [3.05, 3.63) is 52.7 Å². The quantitative estimate of drug-likeness (QED) is 0.775. The van der Waals surface area contributed by atoms with Crippen molar-refractivity contribution < 1.29 is 8.78 Å². The third-order valence-electron chi connectivity index (χ3n) is 2.36. The number of hydrogen-bond donors (Lipinski definition) is 0. The molecule has 0 N–H and O–H groups in total. The highest BCUT2D eigenvalue weighted by molar-refractivity contribution is 6.29. The Balaban J connectivity index is 2.57. The molecule has 0 atom stereocenters. The van der Waals surface area contributed by atoms with E-state index in [0.29, 0.717) is 5.56 Å². The molecule has 18 heavy (non-hydrogen) atoms. The van der Waals surface area contributed by atoms with Gasteiger partial charge in [0.05, 0.1) is 18.2 Å². The van der Waals surface area contributed by atoms with Crippen molar-refractivity contribution in [2.45, 2.75) is 6.42 Å². The largest absolute Gasteiger partial charge is 0.236 e. The molecule has 2 nitrogen and oxygen atoms in total. The number of benzene rings is 1. The lowest BCUT2D eigenvalue weighted by Crippen LogP contribution is -1.94. The number of hydrogen-bond acceptors (Lipinski definition) is 2. The Morgan fingerprint density at radius 2 is 2.06 bits per heavy atom. The van der Waals surface area contributed by atoms with Gasteiger partial charge in [-0.1, -0.05) is 17.7 Å². The van der Waals surface area contributed by atoms with E-state index < -0.39 is 11.6 Å². The summed E-state index contributed by atoms with van der Waals surface area (Å²) in [7, 11) is 0. The fraction of sp³-hybridized carbons (Fsp3) is 0.0769. The molecule has 0 unspecified atom stereocenters. The van der Waals surface area contributed by atoms with Crippen LogP contribution in [0.5, 0.6) is 0 Å². The van der Waals surface area contributed by atoms with Gasteiger partial charge >= 0.3 is 0 Å². The second kappa shape index (κ2) is 5.11. The molecule has 0 aliphatic heterocycles. The van der Waals surface area contributed by atoms with Crippen molar-refractivity contribution in [3.8, 4) is 17.3 Å². The summed E-state index contributed by atoms with van der Waals surface area (Å²) in [5, 5.41) is 8.76. The fourth-order valence-electron chi connectivity index (χ4n) is 1.58. The Bertz CT molecular complexity index is 635. The molecular formula is C13H7ClF2N2. The molecule has 0 spiro atoms. The average molecular weight is 265 g/mol. The zero-order chi connectivity index (χ0) is 13.1. The molecule has 0 fully saturated rings. The molecule has 1 heterocycles. The van der Waals surface area contributed by atoms with Crippen molar-refractivity contribution in [1.82, 2.24) is 4.98 Å². The van der Waals surface area contributed by atoms with E-state index in [0.717, 1.165) is 6.07 Å². The molecule has 0 aliphatic rings. The topological polar surface area (TPSA) is 36.7 Å². The first-order chi connectivity index (χ1) is 8.61. The summed E-state index contributed by atoms with van der Waals surface area (Å²) in [6.07, 6.45) is 0.131. The van der Waals surface area contributed by atoms with Gasteiger partial charge in [0.15, 0.2) is 11.6 Å². The van der Waals surface area contributed by atoms with Gasteiger partial charge in [-0.15, -0.1) is 0 Å². The monoisotopic (exact) mass is 264 g/mol. The summed E-state index contributed by atoms with van der Waals surface area (Å²) in [5.74, 6) is -1.92. The highest BCUT2D eigenvalue weighted by Crippen LogP contribution is 2.25. The summed E-state index contributed by atoms with van der Waals surface area (Å²) in [6, 6.07) is 8.83. The average Bonchev–Trinajstić information content (AvgIpc) is 2.32.